The lowest BCUT2D eigenvalue weighted by Crippen LogP contribution is -2.21. The van der Waals surface area contributed by atoms with Gasteiger partial charge in [0.25, 0.3) is 5.91 Å². The molecule has 0 fully saturated rings. The van der Waals surface area contributed by atoms with E-state index in [9.17, 15) is 4.79 Å². The van der Waals surface area contributed by atoms with Crippen LogP contribution in [0.5, 0.6) is 5.75 Å². The minimum absolute atomic E-state index is 0.00704. The normalized spacial score (nSPS) is 11.4. The number of hydrogen-bond acceptors (Lipinski definition) is 5. The maximum atomic E-state index is 12.3. The lowest BCUT2D eigenvalue weighted by molar-refractivity contribution is 0.0950. The first-order valence-electron chi connectivity index (χ1n) is 7.05. The standard InChI is InChI=1S/C16H15Cl3N4O2/c1-7-4-5-10(25-3)9(6-7)8(2)22-23-16(24)14-11(17)13(20)12(18)15(19)21-14/h4-6H,1-3H3,(H2,20,21)(H,23,24)/b22-8+. The third-order valence-electron chi connectivity index (χ3n) is 3.36. The Morgan fingerprint density at radius 3 is 2.60 bits per heavy atom. The van der Waals surface area contributed by atoms with Gasteiger partial charge in [0.2, 0.25) is 0 Å². The molecule has 6 nitrogen and oxygen atoms in total. The molecule has 25 heavy (non-hydrogen) atoms. The molecule has 0 atom stereocenters. The molecule has 3 N–H and O–H groups in total. The predicted octanol–water partition coefficient (Wildman–Crippen LogP) is 4.10. The number of hydrogen-bond donors (Lipinski definition) is 2. The zero-order valence-electron chi connectivity index (χ0n) is 13.7. The molecule has 1 aromatic carbocycles. The number of nitrogens with zero attached hydrogens (tertiary/aromatic N) is 2. The number of aromatic nitrogens is 1. The number of carbonyl (C=O) groups is 1. The summed E-state index contributed by atoms with van der Waals surface area (Å²) in [6.07, 6.45) is 0. The van der Waals surface area contributed by atoms with E-state index in [2.05, 4.69) is 15.5 Å². The van der Waals surface area contributed by atoms with Crippen LogP contribution in [0.2, 0.25) is 15.2 Å². The number of aryl methyl sites for hydroxylation is 1. The van der Waals surface area contributed by atoms with Crippen molar-refractivity contribution in [2.24, 2.45) is 5.10 Å². The summed E-state index contributed by atoms with van der Waals surface area (Å²) in [6.45, 7) is 3.67. The second-order valence-electron chi connectivity index (χ2n) is 5.13. The van der Waals surface area contributed by atoms with Crippen LogP contribution < -0.4 is 15.9 Å². The summed E-state index contributed by atoms with van der Waals surface area (Å²) < 4.78 is 5.30. The van der Waals surface area contributed by atoms with Crippen LogP contribution in [0.4, 0.5) is 5.69 Å². The van der Waals surface area contributed by atoms with Crippen LogP contribution >= 0.6 is 34.8 Å². The second-order valence-corrected chi connectivity index (χ2v) is 6.25. The van der Waals surface area contributed by atoms with E-state index in [1.54, 1.807) is 14.0 Å². The Morgan fingerprint density at radius 2 is 1.96 bits per heavy atom. The number of nitrogens with one attached hydrogen (secondary N) is 1. The Morgan fingerprint density at radius 1 is 1.28 bits per heavy atom. The summed E-state index contributed by atoms with van der Waals surface area (Å²) in [5.41, 5.74) is 10.2. The van der Waals surface area contributed by atoms with Crippen LogP contribution in [0.25, 0.3) is 0 Å². The summed E-state index contributed by atoms with van der Waals surface area (Å²) in [6, 6.07) is 5.63. The van der Waals surface area contributed by atoms with Gasteiger partial charge in [0.15, 0.2) is 10.8 Å². The number of halogens is 3. The zero-order valence-corrected chi connectivity index (χ0v) is 15.9. The van der Waals surface area contributed by atoms with Crippen molar-refractivity contribution in [3.8, 4) is 5.75 Å². The number of ether oxygens (including phenoxy) is 1. The lowest BCUT2D eigenvalue weighted by Gasteiger charge is -2.10. The number of nitrogen functional groups attached to an aromatic ring is 1. The molecule has 132 valence electrons. The number of hydrazone groups is 1. The van der Waals surface area contributed by atoms with Crippen molar-refractivity contribution in [3.05, 3.63) is 50.2 Å². The fourth-order valence-electron chi connectivity index (χ4n) is 2.03. The number of rotatable bonds is 4. The van der Waals surface area contributed by atoms with Gasteiger partial charge in [0, 0.05) is 5.56 Å². The van der Waals surface area contributed by atoms with Gasteiger partial charge in [-0.3, -0.25) is 4.79 Å². The van der Waals surface area contributed by atoms with Crippen LogP contribution in [0.15, 0.2) is 23.3 Å². The SMILES string of the molecule is COc1ccc(C)cc1/C(C)=N/NC(=O)c1nc(Cl)c(Cl)c(N)c1Cl. The number of nitrogens with two attached hydrogens (primary N) is 1. The Balaban J connectivity index is 2.31. The molecular weight excluding hydrogens is 387 g/mol. The summed E-state index contributed by atoms with van der Waals surface area (Å²) in [7, 11) is 1.56. The number of benzene rings is 1. The molecule has 1 amide bonds. The highest BCUT2D eigenvalue weighted by Gasteiger charge is 2.19. The largest absolute Gasteiger partial charge is 0.496 e. The minimum Gasteiger partial charge on any atom is -0.496 e. The Bertz CT molecular complexity index is 869. The molecule has 2 aromatic rings. The molecule has 9 heteroatoms. The number of pyridine rings is 1. The third-order valence-corrected chi connectivity index (χ3v) is 4.49. The number of methoxy groups -OCH3 is 1. The zero-order chi connectivity index (χ0) is 18.7. The topological polar surface area (TPSA) is 89.6 Å². The summed E-state index contributed by atoms with van der Waals surface area (Å²) >= 11 is 17.7. The van der Waals surface area contributed by atoms with E-state index in [4.69, 9.17) is 45.3 Å². The summed E-state index contributed by atoms with van der Waals surface area (Å²) in [5, 5.41) is 3.85. The van der Waals surface area contributed by atoms with Gasteiger partial charge in [-0.2, -0.15) is 5.10 Å². The maximum Gasteiger partial charge on any atom is 0.291 e. The molecular formula is C16H15Cl3N4O2. The Kier molecular flexibility index (Phi) is 6.11. The lowest BCUT2D eigenvalue weighted by atomic mass is 10.1. The molecule has 0 aliphatic heterocycles. The van der Waals surface area contributed by atoms with Crippen LogP contribution in [0.1, 0.15) is 28.5 Å². The van der Waals surface area contributed by atoms with Crippen LogP contribution in [0, 0.1) is 6.92 Å². The van der Waals surface area contributed by atoms with Crippen molar-refractivity contribution in [2.75, 3.05) is 12.8 Å². The monoisotopic (exact) mass is 400 g/mol. The molecule has 0 radical (unpaired) electrons. The first-order valence-corrected chi connectivity index (χ1v) is 8.19. The molecule has 0 aliphatic rings. The van der Waals surface area contributed by atoms with E-state index < -0.39 is 5.91 Å². The van der Waals surface area contributed by atoms with Gasteiger partial charge in [-0.05, 0) is 26.0 Å². The van der Waals surface area contributed by atoms with E-state index in [1.807, 2.05) is 25.1 Å². The quantitative estimate of drug-likeness (QED) is 0.458. The fraction of sp³-hybridized carbons (Fsp3) is 0.188. The summed E-state index contributed by atoms with van der Waals surface area (Å²) in [4.78, 5) is 16.1. The third kappa shape index (κ3) is 4.15. The van der Waals surface area contributed by atoms with Crippen LogP contribution in [-0.4, -0.2) is 23.7 Å². The van der Waals surface area contributed by atoms with Gasteiger partial charge in [-0.1, -0.05) is 46.4 Å². The molecule has 0 unspecified atom stereocenters. The van der Waals surface area contributed by atoms with Gasteiger partial charge < -0.3 is 10.5 Å². The van der Waals surface area contributed by atoms with E-state index in [0.29, 0.717) is 11.5 Å². The molecule has 2 rings (SSSR count). The average Bonchev–Trinajstić information content (AvgIpc) is 2.60. The highest BCUT2D eigenvalue weighted by Crippen LogP contribution is 2.34. The molecule has 1 aromatic heterocycles. The van der Waals surface area contributed by atoms with Crippen LogP contribution in [0.3, 0.4) is 0 Å². The van der Waals surface area contributed by atoms with Crippen molar-refractivity contribution in [3.63, 3.8) is 0 Å². The van der Waals surface area contributed by atoms with Crippen molar-refractivity contribution < 1.29 is 9.53 Å². The highest BCUT2D eigenvalue weighted by atomic mass is 35.5. The minimum atomic E-state index is -0.666. The smallest absolute Gasteiger partial charge is 0.291 e. The molecule has 0 saturated heterocycles. The van der Waals surface area contributed by atoms with Gasteiger partial charge in [-0.15, -0.1) is 0 Å². The Labute approximate surface area is 159 Å². The van der Waals surface area contributed by atoms with E-state index in [1.165, 1.54) is 0 Å². The maximum absolute atomic E-state index is 12.3. The van der Waals surface area contributed by atoms with Gasteiger partial charge in [-0.25, -0.2) is 10.4 Å². The van der Waals surface area contributed by atoms with Crippen LogP contribution in [-0.2, 0) is 0 Å². The van der Waals surface area contributed by atoms with Crippen molar-refractivity contribution >= 4 is 52.1 Å². The predicted molar refractivity (Wildman–Crippen MR) is 101 cm³/mol. The first kappa shape index (κ1) is 19.3. The average molecular weight is 402 g/mol. The second kappa shape index (κ2) is 7.91. The van der Waals surface area contributed by atoms with E-state index >= 15 is 0 Å². The van der Waals surface area contributed by atoms with Gasteiger partial charge in [0.1, 0.15) is 10.8 Å². The van der Waals surface area contributed by atoms with Crippen molar-refractivity contribution in [1.82, 2.24) is 10.4 Å². The Hall–Kier alpha value is -2.02. The summed E-state index contributed by atoms with van der Waals surface area (Å²) in [5.74, 6) is -0.0303. The number of anilines is 1. The van der Waals surface area contributed by atoms with Crippen molar-refractivity contribution in [2.45, 2.75) is 13.8 Å². The molecule has 0 bridgehead atoms. The molecule has 1 heterocycles. The molecule has 0 spiro atoms. The van der Waals surface area contributed by atoms with Crippen molar-refractivity contribution in [1.29, 1.82) is 0 Å². The van der Waals surface area contributed by atoms with E-state index in [-0.39, 0.29) is 26.6 Å². The van der Waals surface area contributed by atoms with E-state index in [0.717, 1.165) is 11.1 Å². The fourth-order valence-corrected chi connectivity index (χ4v) is 2.63. The number of amides is 1. The first-order chi connectivity index (χ1) is 11.8. The van der Waals surface area contributed by atoms with Gasteiger partial charge >= 0.3 is 0 Å². The number of carbonyl (C=O) groups excluding carboxylic acids is 1. The highest BCUT2D eigenvalue weighted by molar-refractivity contribution is 6.46. The molecule has 0 saturated carbocycles. The molecule has 0 aliphatic carbocycles. The van der Waals surface area contributed by atoms with Gasteiger partial charge in [0.05, 0.1) is 23.5 Å².